The zero-order valence-corrected chi connectivity index (χ0v) is 11.5. The zero-order chi connectivity index (χ0) is 13.1. The van der Waals surface area contributed by atoms with Gasteiger partial charge >= 0.3 is 6.03 Å². The third-order valence-corrected chi connectivity index (χ3v) is 3.04. The van der Waals surface area contributed by atoms with E-state index in [1.54, 1.807) is 14.2 Å². The van der Waals surface area contributed by atoms with Gasteiger partial charge in [0, 0.05) is 45.7 Å². The van der Waals surface area contributed by atoms with E-state index in [0.29, 0.717) is 25.9 Å². The van der Waals surface area contributed by atoms with Crippen molar-refractivity contribution in [2.45, 2.75) is 44.9 Å². The van der Waals surface area contributed by atoms with Gasteiger partial charge in [-0.3, -0.25) is 0 Å². The van der Waals surface area contributed by atoms with E-state index in [9.17, 15) is 4.79 Å². The minimum Gasteiger partial charge on any atom is -0.353 e. The lowest BCUT2D eigenvalue weighted by Crippen LogP contribution is -2.54. The largest absolute Gasteiger partial charge is 0.353 e. The topological polar surface area (TPSA) is 50.8 Å². The number of piperidine rings is 1. The van der Waals surface area contributed by atoms with Gasteiger partial charge in [-0.1, -0.05) is 0 Å². The van der Waals surface area contributed by atoms with E-state index in [4.69, 9.17) is 9.47 Å². The van der Waals surface area contributed by atoms with Crippen molar-refractivity contribution in [2.75, 3.05) is 27.3 Å². The maximum absolute atomic E-state index is 11.9. The van der Waals surface area contributed by atoms with Gasteiger partial charge in [-0.05, 0) is 20.8 Å². The number of nitrogens with zero attached hydrogens (tertiary/aromatic N) is 1. The second-order valence-electron chi connectivity index (χ2n) is 5.49. The highest BCUT2D eigenvalue weighted by atomic mass is 16.7. The summed E-state index contributed by atoms with van der Waals surface area (Å²) in [6, 6.07) is -0.0155. The van der Waals surface area contributed by atoms with E-state index in [0.717, 1.165) is 0 Å². The number of likely N-dealkylation sites (tertiary alicyclic amines) is 1. The van der Waals surface area contributed by atoms with Crippen molar-refractivity contribution in [2.24, 2.45) is 0 Å². The van der Waals surface area contributed by atoms with Crippen LogP contribution >= 0.6 is 0 Å². The molecule has 1 aliphatic heterocycles. The van der Waals surface area contributed by atoms with Crippen LogP contribution in [0.25, 0.3) is 0 Å². The number of rotatable bonds is 2. The monoisotopic (exact) mass is 244 g/mol. The van der Waals surface area contributed by atoms with Crippen LogP contribution < -0.4 is 5.32 Å². The van der Waals surface area contributed by atoms with Crippen LogP contribution in [-0.4, -0.2) is 49.6 Å². The molecule has 0 aromatic rings. The molecule has 0 saturated carbocycles. The molecular weight excluding hydrogens is 220 g/mol. The van der Waals surface area contributed by atoms with Crippen LogP contribution in [0.2, 0.25) is 0 Å². The Labute approximate surface area is 103 Å². The number of urea groups is 1. The average molecular weight is 244 g/mol. The van der Waals surface area contributed by atoms with E-state index < -0.39 is 5.79 Å². The SMILES string of the molecule is COC1(OC)CCN(C(=O)NC(C)(C)C)CC1. The Morgan fingerprint density at radius 2 is 1.65 bits per heavy atom. The first-order valence-electron chi connectivity index (χ1n) is 5.99. The summed E-state index contributed by atoms with van der Waals surface area (Å²) in [6.07, 6.45) is 1.41. The standard InChI is InChI=1S/C12H24N2O3/c1-11(2,3)13-10(15)14-8-6-12(16-4,17-5)7-9-14/h6-9H2,1-5H3,(H,13,15). The second kappa shape index (κ2) is 5.23. The lowest BCUT2D eigenvalue weighted by atomic mass is 10.0. The molecule has 1 N–H and O–H groups in total. The first-order valence-corrected chi connectivity index (χ1v) is 5.99. The van der Waals surface area contributed by atoms with Gasteiger partial charge in [-0.15, -0.1) is 0 Å². The molecule has 0 aliphatic carbocycles. The molecule has 1 rings (SSSR count). The van der Waals surface area contributed by atoms with E-state index in [2.05, 4.69) is 5.32 Å². The molecule has 5 heteroatoms. The van der Waals surface area contributed by atoms with Crippen molar-refractivity contribution in [1.82, 2.24) is 10.2 Å². The molecule has 0 unspecified atom stereocenters. The fourth-order valence-corrected chi connectivity index (χ4v) is 1.94. The van der Waals surface area contributed by atoms with Gasteiger partial charge in [-0.2, -0.15) is 0 Å². The number of methoxy groups -OCH3 is 2. The number of nitrogens with one attached hydrogen (secondary N) is 1. The Kier molecular flexibility index (Phi) is 4.38. The number of ether oxygens (including phenoxy) is 2. The first kappa shape index (κ1) is 14.3. The molecular formula is C12H24N2O3. The molecule has 0 bridgehead atoms. The van der Waals surface area contributed by atoms with E-state index in [1.807, 2.05) is 25.7 Å². The summed E-state index contributed by atoms with van der Waals surface area (Å²) in [5, 5.41) is 2.96. The van der Waals surface area contributed by atoms with Gasteiger partial charge in [-0.25, -0.2) is 4.79 Å². The summed E-state index contributed by atoms with van der Waals surface area (Å²) in [7, 11) is 3.29. The highest BCUT2D eigenvalue weighted by Gasteiger charge is 2.36. The summed E-state index contributed by atoms with van der Waals surface area (Å²) in [5.74, 6) is -0.515. The van der Waals surface area contributed by atoms with Gasteiger partial charge in [0.1, 0.15) is 0 Å². The minimum absolute atomic E-state index is 0.0155. The van der Waals surface area contributed by atoms with Crippen molar-refractivity contribution in [3.8, 4) is 0 Å². The normalized spacial score (nSPS) is 20.2. The van der Waals surface area contributed by atoms with Gasteiger partial charge in [0.25, 0.3) is 0 Å². The lowest BCUT2D eigenvalue weighted by molar-refractivity contribution is -0.226. The molecule has 0 aromatic carbocycles. The molecule has 2 amide bonds. The molecule has 0 spiro atoms. The summed E-state index contributed by atoms with van der Waals surface area (Å²) in [4.78, 5) is 13.7. The summed E-state index contributed by atoms with van der Waals surface area (Å²) in [5.41, 5.74) is -0.200. The van der Waals surface area contributed by atoms with Crippen LogP contribution in [0, 0.1) is 0 Å². The second-order valence-corrected chi connectivity index (χ2v) is 5.49. The van der Waals surface area contributed by atoms with E-state index >= 15 is 0 Å². The average Bonchev–Trinajstić information content (AvgIpc) is 2.27. The maximum Gasteiger partial charge on any atom is 0.317 e. The number of amides is 2. The van der Waals surface area contributed by atoms with Gasteiger partial charge in [0.2, 0.25) is 0 Å². The molecule has 0 aromatic heterocycles. The van der Waals surface area contributed by atoms with Crippen LogP contribution in [0.3, 0.4) is 0 Å². The van der Waals surface area contributed by atoms with Crippen LogP contribution in [0.15, 0.2) is 0 Å². The maximum atomic E-state index is 11.9. The van der Waals surface area contributed by atoms with Crippen molar-refractivity contribution < 1.29 is 14.3 Å². The predicted molar refractivity (Wildman–Crippen MR) is 65.8 cm³/mol. The number of carbonyl (C=O) groups is 1. The smallest absolute Gasteiger partial charge is 0.317 e. The molecule has 1 saturated heterocycles. The molecule has 17 heavy (non-hydrogen) atoms. The number of hydrogen-bond donors (Lipinski definition) is 1. The molecule has 100 valence electrons. The highest BCUT2D eigenvalue weighted by Crippen LogP contribution is 2.26. The number of carbonyl (C=O) groups excluding carboxylic acids is 1. The Bertz CT molecular complexity index is 259. The van der Waals surface area contributed by atoms with Gasteiger partial charge in [0.05, 0.1) is 0 Å². The minimum atomic E-state index is -0.515. The van der Waals surface area contributed by atoms with Gasteiger partial charge in [0.15, 0.2) is 5.79 Å². The molecule has 1 heterocycles. The molecule has 0 atom stereocenters. The first-order chi connectivity index (χ1) is 7.82. The summed E-state index contributed by atoms with van der Waals surface area (Å²) in [6.45, 7) is 7.24. The van der Waals surface area contributed by atoms with E-state index in [-0.39, 0.29) is 11.6 Å². The van der Waals surface area contributed by atoms with Gasteiger partial charge < -0.3 is 19.7 Å². The van der Waals surface area contributed by atoms with Crippen molar-refractivity contribution >= 4 is 6.03 Å². The Morgan fingerprint density at radius 1 is 1.18 bits per heavy atom. The fourth-order valence-electron chi connectivity index (χ4n) is 1.94. The third kappa shape index (κ3) is 3.85. The molecule has 5 nitrogen and oxygen atoms in total. The Hall–Kier alpha value is -0.810. The summed E-state index contributed by atoms with van der Waals surface area (Å²) < 4.78 is 10.8. The predicted octanol–water partition coefficient (Wildman–Crippen LogP) is 1.58. The zero-order valence-electron chi connectivity index (χ0n) is 11.5. The molecule has 1 aliphatic rings. The van der Waals surface area contributed by atoms with Crippen LogP contribution in [0.1, 0.15) is 33.6 Å². The number of hydrogen-bond acceptors (Lipinski definition) is 3. The Balaban J connectivity index is 2.49. The summed E-state index contributed by atoms with van der Waals surface area (Å²) >= 11 is 0. The fraction of sp³-hybridized carbons (Fsp3) is 0.917. The lowest BCUT2D eigenvalue weighted by Gasteiger charge is -2.40. The van der Waals surface area contributed by atoms with E-state index in [1.165, 1.54) is 0 Å². The quantitative estimate of drug-likeness (QED) is 0.750. The van der Waals surface area contributed by atoms with Crippen LogP contribution in [0.4, 0.5) is 4.79 Å². The van der Waals surface area contributed by atoms with Crippen molar-refractivity contribution in [3.63, 3.8) is 0 Å². The molecule has 1 fully saturated rings. The Morgan fingerprint density at radius 3 is 2.00 bits per heavy atom. The third-order valence-electron chi connectivity index (χ3n) is 3.04. The van der Waals surface area contributed by atoms with Crippen LogP contribution in [0.5, 0.6) is 0 Å². The highest BCUT2D eigenvalue weighted by molar-refractivity contribution is 5.75. The molecule has 0 radical (unpaired) electrons. The van der Waals surface area contributed by atoms with Crippen LogP contribution in [-0.2, 0) is 9.47 Å². The van der Waals surface area contributed by atoms with Crippen molar-refractivity contribution in [1.29, 1.82) is 0 Å². The van der Waals surface area contributed by atoms with Crippen molar-refractivity contribution in [3.05, 3.63) is 0 Å².